The van der Waals surface area contributed by atoms with Crippen molar-refractivity contribution in [2.45, 2.75) is 38.6 Å². The number of carbonyl (C=O) groups is 1. The van der Waals surface area contributed by atoms with Crippen LogP contribution in [0.2, 0.25) is 0 Å². The van der Waals surface area contributed by atoms with Gasteiger partial charge >= 0.3 is 0 Å². The summed E-state index contributed by atoms with van der Waals surface area (Å²) >= 11 is 0. The van der Waals surface area contributed by atoms with Crippen molar-refractivity contribution in [3.8, 4) is 0 Å². The first-order chi connectivity index (χ1) is 9.66. The maximum absolute atomic E-state index is 12.4. The van der Waals surface area contributed by atoms with Gasteiger partial charge in [-0.25, -0.2) is 0 Å². The summed E-state index contributed by atoms with van der Waals surface area (Å²) < 4.78 is 0. The predicted molar refractivity (Wildman–Crippen MR) is 82.6 cm³/mol. The lowest BCUT2D eigenvalue weighted by Crippen LogP contribution is -2.43. The zero-order valence-corrected chi connectivity index (χ0v) is 12.6. The maximum Gasteiger partial charge on any atom is 0.225 e. The Balaban J connectivity index is 1.73. The fourth-order valence-electron chi connectivity index (χ4n) is 2.94. The van der Waals surface area contributed by atoms with Crippen LogP contribution in [0.5, 0.6) is 0 Å². The molecule has 1 amide bonds. The monoisotopic (exact) mass is 274 g/mol. The highest BCUT2D eigenvalue weighted by Gasteiger charge is 2.26. The number of hydrogen-bond donors (Lipinski definition) is 1. The molecule has 2 rings (SSSR count). The highest BCUT2D eigenvalue weighted by atomic mass is 16.2. The molecule has 1 aliphatic heterocycles. The minimum Gasteiger partial charge on any atom is -0.346 e. The van der Waals surface area contributed by atoms with Gasteiger partial charge in [0.2, 0.25) is 5.91 Å². The van der Waals surface area contributed by atoms with Crippen LogP contribution in [-0.2, 0) is 11.2 Å². The van der Waals surface area contributed by atoms with Crippen molar-refractivity contribution in [1.29, 1.82) is 0 Å². The van der Waals surface area contributed by atoms with Gasteiger partial charge in [0, 0.05) is 25.6 Å². The van der Waals surface area contributed by atoms with Crippen LogP contribution in [0.15, 0.2) is 30.3 Å². The summed E-state index contributed by atoms with van der Waals surface area (Å²) in [5, 5.41) is 3.40. The summed E-state index contributed by atoms with van der Waals surface area (Å²) in [5.41, 5.74) is 1.35. The second kappa shape index (κ2) is 7.44. The van der Waals surface area contributed by atoms with Crippen LogP contribution in [0.3, 0.4) is 0 Å². The number of hydrogen-bond acceptors (Lipinski definition) is 2. The van der Waals surface area contributed by atoms with E-state index in [2.05, 4.69) is 36.5 Å². The molecule has 0 aromatic heterocycles. The van der Waals surface area contributed by atoms with Crippen molar-refractivity contribution in [3.05, 3.63) is 35.9 Å². The summed E-state index contributed by atoms with van der Waals surface area (Å²) in [6.45, 7) is 3.98. The van der Waals surface area contributed by atoms with Gasteiger partial charge in [0.1, 0.15) is 0 Å². The molecule has 20 heavy (non-hydrogen) atoms. The van der Waals surface area contributed by atoms with Gasteiger partial charge in [0.05, 0.1) is 0 Å². The Labute approximate surface area is 122 Å². The molecule has 0 saturated carbocycles. The Morgan fingerprint density at radius 3 is 2.80 bits per heavy atom. The van der Waals surface area contributed by atoms with Gasteiger partial charge in [-0.1, -0.05) is 30.3 Å². The summed E-state index contributed by atoms with van der Waals surface area (Å²) in [5.74, 6) is 0.541. The van der Waals surface area contributed by atoms with E-state index in [1.165, 1.54) is 5.56 Å². The average Bonchev–Trinajstić information content (AvgIpc) is 2.47. The highest BCUT2D eigenvalue weighted by Crippen LogP contribution is 2.18. The van der Waals surface area contributed by atoms with E-state index >= 15 is 0 Å². The summed E-state index contributed by atoms with van der Waals surface area (Å²) in [7, 11) is 1.94. The van der Waals surface area contributed by atoms with Gasteiger partial charge in [0.15, 0.2) is 0 Å². The zero-order valence-electron chi connectivity index (χ0n) is 12.6. The Morgan fingerprint density at radius 1 is 1.35 bits per heavy atom. The van der Waals surface area contributed by atoms with Crippen LogP contribution in [0.1, 0.15) is 31.7 Å². The number of rotatable bonds is 5. The maximum atomic E-state index is 12.4. The molecule has 1 aromatic rings. The number of piperidine rings is 1. The summed E-state index contributed by atoms with van der Waals surface area (Å²) in [4.78, 5) is 14.3. The summed E-state index contributed by atoms with van der Waals surface area (Å²) in [6.07, 6.45) is 4.03. The predicted octanol–water partition coefficient (Wildman–Crippen LogP) is 2.47. The first kappa shape index (κ1) is 15.0. The number of aryl methyl sites for hydroxylation is 1. The molecule has 3 heteroatoms. The molecule has 1 saturated heterocycles. The minimum atomic E-state index is 0.216. The number of nitrogens with one attached hydrogen (secondary N) is 1. The van der Waals surface area contributed by atoms with Gasteiger partial charge < -0.3 is 10.2 Å². The molecular formula is C17H26N2O. The average molecular weight is 274 g/mol. The minimum absolute atomic E-state index is 0.216. The lowest BCUT2D eigenvalue weighted by molar-refractivity contribution is -0.135. The standard InChI is InChI=1S/C17H26N2O/c1-14-13-16(10-11-18-14)17(20)19(2)12-6-9-15-7-4-3-5-8-15/h3-5,7-8,14,16,18H,6,9-13H2,1-2H3. The zero-order chi connectivity index (χ0) is 14.4. The normalized spacial score (nSPS) is 22.5. The second-order valence-electron chi connectivity index (χ2n) is 5.93. The van der Waals surface area contributed by atoms with E-state index in [-0.39, 0.29) is 5.92 Å². The quantitative estimate of drug-likeness (QED) is 0.894. The largest absolute Gasteiger partial charge is 0.346 e. The van der Waals surface area contributed by atoms with Gasteiger partial charge in [0.25, 0.3) is 0 Å². The fraction of sp³-hybridized carbons (Fsp3) is 0.588. The molecule has 1 aliphatic rings. The lowest BCUT2D eigenvalue weighted by atomic mass is 9.92. The van der Waals surface area contributed by atoms with Crippen LogP contribution < -0.4 is 5.32 Å². The molecule has 2 unspecified atom stereocenters. The van der Waals surface area contributed by atoms with Gasteiger partial charge in [-0.3, -0.25) is 4.79 Å². The molecule has 1 aromatic carbocycles. The third-order valence-electron chi connectivity index (χ3n) is 4.15. The van der Waals surface area contributed by atoms with Crippen molar-refractivity contribution < 1.29 is 4.79 Å². The third kappa shape index (κ3) is 4.34. The van der Waals surface area contributed by atoms with Crippen LogP contribution >= 0.6 is 0 Å². The number of nitrogens with zero attached hydrogens (tertiary/aromatic N) is 1. The first-order valence-electron chi connectivity index (χ1n) is 7.69. The SMILES string of the molecule is CC1CC(C(=O)N(C)CCCc2ccccc2)CCN1. The van der Waals surface area contributed by atoms with E-state index in [9.17, 15) is 4.79 Å². The molecule has 1 N–H and O–H groups in total. The van der Waals surface area contributed by atoms with Crippen molar-refractivity contribution >= 4 is 5.91 Å². The van der Waals surface area contributed by atoms with Crippen LogP contribution in [-0.4, -0.2) is 37.0 Å². The second-order valence-corrected chi connectivity index (χ2v) is 5.93. The van der Waals surface area contributed by atoms with E-state index in [4.69, 9.17) is 0 Å². The molecule has 2 atom stereocenters. The van der Waals surface area contributed by atoms with Crippen molar-refractivity contribution in [1.82, 2.24) is 10.2 Å². The number of carbonyl (C=O) groups excluding carboxylic acids is 1. The van der Waals surface area contributed by atoms with E-state index in [0.717, 1.165) is 38.8 Å². The molecule has 3 nitrogen and oxygen atoms in total. The van der Waals surface area contributed by atoms with E-state index in [1.807, 2.05) is 18.0 Å². The van der Waals surface area contributed by atoms with Crippen LogP contribution in [0.4, 0.5) is 0 Å². The Kier molecular flexibility index (Phi) is 5.60. The topological polar surface area (TPSA) is 32.3 Å². The molecule has 0 radical (unpaired) electrons. The van der Waals surface area contributed by atoms with Crippen molar-refractivity contribution in [3.63, 3.8) is 0 Å². The van der Waals surface area contributed by atoms with E-state index in [0.29, 0.717) is 11.9 Å². The molecule has 0 spiro atoms. The highest BCUT2D eigenvalue weighted by molar-refractivity contribution is 5.78. The van der Waals surface area contributed by atoms with E-state index < -0.39 is 0 Å². The van der Waals surface area contributed by atoms with Crippen LogP contribution in [0, 0.1) is 5.92 Å². The molecule has 110 valence electrons. The number of benzene rings is 1. The van der Waals surface area contributed by atoms with Crippen LogP contribution in [0.25, 0.3) is 0 Å². The first-order valence-corrected chi connectivity index (χ1v) is 7.69. The lowest BCUT2D eigenvalue weighted by Gasteiger charge is -2.30. The third-order valence-corrected chi connectivity index (χ3v) is 4.15. The summed E-state index contributed by atoms with van der Waals surface area (Å²) in [6, 6.07) is 10.9. The van der Waals surface area contributed by atoms with Crippen molar-refractivity contribution in [2.75, 3.05) is 20.1 Å². The van der Waals surface area contributed by atoms with Crippen molar-refractivity contribution in [2.24, 2.45) is 5.92 Å². The van der Waals surface area contributed by atoms with E-state index in [1.54, 1.807) is 0 Å². The Bertz CT molecular complexity index is 418. The fourth-order valence-corrected chi connectivity index (χ4v) is 2.94. The molecule has 0 aliphatic carbocycles. The van der Waals surface area contributed by atoms with Gasteiger partial charge in [-0.15, -0.1) is 0 Å². The molecule has 0 bridgehead atoms. The Hall–Kier alpha value is -1.35. The van der Waals surface area contributed by atoms with Gasteiger partial charge in [-0.2, -0.15) is 0 Å². The smallest absolute Gasteiger partial charge is 0.225 e. The Morgan fingerprint density at radius 2 is 2.10 bits per heavy atom. The molecule has 1 fully saturated rings. The molecule has 1 heterocycles. The van der Waals surface area contributed by atoms with Gasteiger partial charge in [-0.05, 0) is 44.7 Å². The number of amides is 1. The molecular weight excluding hydrogens is 248 g/mol.